The molecule has 28 heavy (non-hydrogen) atoms. The van der Waals surface area contributed by atoms with E-state index in [1.807, 2.05) is 13.8 Å². The van der Waals surface area contributed by atoms with Gasteiger partial charge in [-0.25, -0.2) is 9.59 Å². The molecule has 0 aliphatic rings. The van der Waals surface area contributed by atoms with Crippen molar-refractivity contribution in [3.05, 3.63) is 59.7 Å². The molecule has 6 heteroatoms. The lowest BCUT2D eigenvalue weighted by Gasteiger charge is -2.26. The second kappa shape index (κ2) is 10.3. The van der Waals surface area contributed by atoms with Crippen LogP contribution in [0.25, 0.3) is 0 Å². The third-order valence-corrected chi connectivity index (χ3v) is 4.60. The van der Waals surface area contributed by atoms with Gasteiger partial charge in [-0.05, 0) is 61.4 Å². The van der Waals surface area contributed by atoms with Crippen molar-refractivity contribution in [2.45, 2.75) is 39.2 Å². The summed E-state index contributed by atoms with van der Waals surface area (Å²) in [6.45, 7) is 4.19. The van der Waals surface area contributed by atoms with E-state index in [1.165, 1.54) is 0 Å². The number of carbonyl (C=O) groups excluding carboxylic acids is 2. The molecule has 0 amide bonds. The smallest absolute Gasteiger partial charge is 0.338 e. The number of rotatable bonds is 9. The highest BCUT2D eigenvalue weighted by molar-refractivity contribution is 5.90. The molecule has 0 saturated heterocycles. The van der Waals surface area contributed by atoms with Crippen LogP contribution in [0.1, 0.15) is 53.8 Å². The molecule has 0 saturated carbocycles. The molecule has 4 N–H and O–H groups in total. The van der Waals surface area contributed by atoms with Crippen molar-refractivity contribution in [1.82, 2.24) is 0 Å². The summed E-state index contributed by atoms with van der Waals surface area (Å²) in [6.07, 6.45) is 1.93. The Bertz CT molecular complexity index is 772. The molecule has 0 aliphatic heterocycles. The fourth-order valence-corrected chi connectivity index (χ4v) is 2.87. The molecule has 2 aromatic rings. The van der Waals surface area contributed by atoms with E-state index in [2.05, 4.69) is 0 Å². The van der Waals surface area contributed by atoms with Gasteiger partial charge in [-0.15, -0.1) is 0 Å². The van der Waals surface area contributed by atoms with E-state index >= 15 is 0 Å². The predicted molar refractivity (Wildman–Crippen MR) is 110 cm³/mol. The molecule has 2 aromatic carbocycles. The van der Waals surface area contributed by atoms with E-state index in [4.69, 9.17) is 20.9 Å². The summed E-state index contributed by atoms with van der Waals surface area (Å²) in [6, 6.07) is 13.2. The summed E-state index contributed by atoms with van der Waals surface area (Å²) >= 11 is 0. The summed E-state index contributed by atoms with van der Waals surface area (Å²) in [5.41, 5.74) is 13.4. The van der Waals surface area contributed by atoms with Gasteiger partial charge in [0, 0.05) is 17.3 Å². The van der Waals surface area contributed by atoms with Crippen LogP contribution in [0.5, 0.6) is 0 Å². The fraction of sp³-hybridized carbons (Fsp3) is 0.364. The van der Waals surface area contributed by atoms with Gasteiger partial charge < -0.3 is 20.9 Å². The Morgan fingerprint density at radius 1 is 0.857 bits per heavy atom. The lowest BCUT2D eigenvalue weighted by Crippen LogP contribution is -2.31. The highest BCUT2D eigenvalue weighted by Crippen LogP contribution is 2.21. The van der Waals surface area contributed by atoms with Gasteiger partial charge in [0.2, 0.25) is 0 Å². The highest BCUT2D eigenvalue weighted by atomic mass is 16.6. The van der Waals surface area contributed by atoms with Crippen LogP contribution in [0, 0.1) is 5.92 Å². The molecule has 0 aliphatic carbocycles. The average Bonchev–Trinajstić information content (AvgIpc) is 2.69. The number of hydrogen-bond donors (Lipinski definition) is 2. The van der Waals surface area contributed by atoms with Gasteiger partial charge in [-0.1, -0.05) is 20.3 Å². The Labute approximate surface area is 165 Å². The zero-order valence-corrected chi connectivity index (χ0v) is 16.4. The molecule has 0 radical (unpaired) electrons. The van der Waals surface area contributed by atoms with Gasteiger partial charge in [0.05, 0.1) is 17.7 Å². The Hall–Kier alpha value is -3.02. The Morgan fingerprint density at radius 3 is 1.82 bits per heavy atom. The Morgan fingerprint density at radius 2 is 1.36 bits per heavy atom. The van der Waals surface area contributed by atoms with Crippen molar-refractivity contribution >= 4 is 23.3 Å². The quantitative estimate of drug-likeness (QED) is 0.499. The molecule has 2 unspecified atom stereocenters. The van der Waals surface area contributed by atoms with Gasteiger partial charge >= 0.3 is 11.9 Å². The van der Waals surface area contributed by atoms with Gasteiger partial charge in [0.15, 0.2) is 0 Å². The molecule has 0 spiro atoms. The van der Waals surface area contributed by atoms with E-state index in [0.717, 1.165) is 6.42 Å². The number of hydrogen-bond acceptors (Lipinski definition) is 6. The average molecular weight is 384 g/mol. The number of esters is 2. The minimum absolute atomic E-state index is 0.0876. The first-order chi connectivity index (χ1) is 13.4. The molecule has 0 aromatic heterocycles. The SMILES string of the molecule is CCCC(OC(=O)c1ccc(N)cc1)C(CC)COC(=O)c1ccc(N)cc1. The molecule has 0 fully saturated rings. The summed E-state index contributed by atoms with van der Waals surface area (Å²) in [7, 11) is 0. The van der Waals surface area contributed by atoms with Crippen LogP contribution in [0.4, 0.5) is 11.4 Å². The van der Waals surface area contributed by atoms with Gasteiger partial charge in [0.25, 0.3) is 0 Å². The molecule has 150 valence electrons. The zero-order valence-electron chi connectivity index (χ0n) is 16.4. The summed E-state index contributed by atoms with van der Waals surface area (Å²) in [5, 5.41) is 0. The first-order valence-corrected chi connectivity index (χ1v) is 9.53. The van der Waals surface area contributed by atoms with Gasteiger partial charge in [-0.3, -0.25) is 0 Å². The van der Waals surface area contributed by atoms with E-state index in [-0.39, 0.29) is 18.6 Å². The van der Waals surface area contributed by atoms with E-state index in [1.54, 1.807) is 48.5 Å². The molecular formula is C22H28N2O4. The van der Waals surface area contributed by atoms with Crippen molar-refractivity contribution in [1.29, 1.82) is 0 Å². The maximum Gasteiger partial charge on any atom is 0.338 e. The van der Waals surface area contributed by atoms with Crippen molar-refractivity contribution in [2.24, 2.45) is 5.92 Å². The monoisotopic (exact) mass is 384 g/mol. The van der Waals surface area contributed by atoms with E-state index in [0.29, 0.717) is 35.3 Å². The highest BCUT2D eigenvalue weighted by Gasteiger charge is 2.25. The standard InChI is InChI=1S/C22H28N2O4/c1-3-5-20(28-22(26)17-8-12-19(24)13-9-17)15(4-2)14-27-21(25)16-6-10-18(23)11-7-16/h6-13,15,20H,3-5,14,23-24H2,1-2H3. The number of nitrogens with two attached hydrogens (primary N) is 2. The normalized spacial score (nSPS) is 12.8. The van der Waals surface area contributed by atoms with Crippen LogP contribution in [0.15, 0.2) is 48.5 Å². The Balaban J connectivity index is 2.00. The summed E-state index contributed by atoms with van der Waals surface area (Å²) in [4.78, 5) is 24.7. The fourth-order valence-electron chi connectivity index (χ4n) is 2.87. The van der Waals surface area contributed by atoms with Crippen LogP contribution < -0.4 is 11.5 Å². The van der Waals surface area contributed by atoms with Crippen LogP contribution in [-0.4, -0.2) is 24.6 Å². The lowest BCUT2D eigenvalue weighted by atomic mass is 9.96. The Kier molecular flexibility index (Phi) is 7.87. The number of ether oxygens (including phenoxy) is 2. The third-order valence-electron chi connectivity index (χ3n) is 4.60. The largest absolute Gasteiger partial charge is 0.462 e. The zero-order chi connectivity index (χ0) is 20.5. The predicted octanol–water partition coefficient (Wildman–Crippen LogP) is 4.06. The third kappa shape index (κ3) is 6.01. The van der Waals surface area contributed by atoms with Gasteiger partial charge in [-0.2, -0.15) is 0 Å². The van der Waals surface area contributed by atoms with Crippen molar-refractivity contribution in [2.75, 3.05) is 18.1 Å². The second-order valence-corrected chi connectivity index (χ2v) is 6.74. The first-order valence-electron chi connectivity index (χ1n) is 9.53. The van der Waals surface area contributed by atoms with Crippen molar-refractivity contribution in [3.63, 3.8) is 0 Å². The topological polar surface area (TPSA) is 105 Å². The van der Waals surface area contributed by atoms with Crippen LogP contribution >= 0.6 is 0 Å². The molecule has 2 rings (SSSR count). The molecule has 6 nitrogen and oxygen atoms in total. The molecule has 0 heterocycles. The maximum atomic E-state index is 12.5. The van der Waals surface area contributed by atoms with E-state index < -0.39 is 11.9 Å². The molecular weight excluding hydrogens is 356 g/mol. The summed E-state index contributed by atoms with van der Waals surface area (Å²) in [5.74, 6) is -0.907. The summed E-state index contributed by atoms with van der Waals surface area (Å²) < 4.78 is 11.2. The van der Waals surface area contributed by atoms with Crippen molar-refractivity contribution < 1.29 is 19.1 Å². The van der Waals surface area contributed by atoms with E-state index in [9.17, 15) is 9.59 Å². The number of carbonyl (C=O) groups is 2. The first kappa shape index (κ1) is 21.3. The van der Waals surface area contributed by atoms with Gasteiger partial charge in [0.1, 0.15) is 6.10 Å². The maximum absolute atomic E-state index is 12.5. The molecule has 0 bridgehead atoms. The lowest BCUT2D eigenvalue weighted by molar-refractivity contribution is -0.00783. The number of benzene rings is 2. The number of anilines is 2. The van der Waals surface area contributed by atoms with Crippen LogP contribution in [0.2, 0.25) is 0 Å². The number of nitrogen functional groups attached to an aromatic ring is 2. The second-order valence-electron chi connectivity index (χ2n) is 6.74. The van der Waals surface area contributed by atoms with Crippen molar-refractivity contribution in [3.8, 4) is 0 Å². The van der Waals surface area contributed by atoms with Crippen LogP contribution in [0.3, 0.4) is 0 Å². The molecule has 2 atom stereocenters. The minimum atomic E-state index is -0.418. The minimum Gasteiger partial charge on any atom is -0.462 e. The van der Waals surface area contributed by atoms with Crippen LogP contribution in [-0.2, 0) is 9.47 Å².